The summed E-state index contributed by atoms with van der Waals surface area (Å²) in [5.41, 5.74) is 0. The molecule has 1 saturated heterocycles. The minimum absolute atomic E-state index is 0.668. The molecule has 2 aliphatic rings. The first-order valence-corrected chi connectivity index (χ1v) is 7.75. The Labute approximate surface area is 107 Å². The van der Waals surface area contributed by atoms with Gasteiger partial charge in [0.2, 0.25) is 0 Å². The maximum absolute atomic E-state index is 3.83. The quantitative estimate of drug-likeness (QED) is 0.769. The Bertz CT molecular complexity index is 205. The number of piperidine rings is 1. The molecule has 0 aromatic heterocycles. The molecule has 0 aromatic rings. The van der Waals surface area contributed by atoms with Crippen LogP contribution in [0.2, 0.25) is 0 Å². The topological polar surface area (TPSA) is 24.1 Å². The molecule has 0 radical (unpaired) electrons. The molecule has 2 fully saturated rings. The molecular formula is C15H30N2. The summed E-state index contributed by atoms with van der Waals surface area (Å²) in [6.45, 7) is 5.98. The van der Waals surface area contributed by atoms with E-state index in [9.17, 15) is 0 Å². The molecule has 2 heteroatoms. The Morgan fingerprint density at radius 1 is 1.06 bits per heavy atom. The number of nitrogens with one attached hydrogen (secondary N) is 2. The van der Waals surface area contributed by atoms with Crippen LogP contribution in [-0.2, 0) is 0 Å². The van der Waals surface area contributed by atoms with Gasteiger partial charge in [0.05, 0.1) is 0 Å². The fraction of sp³-hybridized carbons (Fsp3) is 1.00. The van der Waals surface area contributed by atoms with Gasteiger partial charge in [0.25, 0.3) is 0 Å². The molecule has 2 N–H and O–H groups in total. The first-order valence-electron chi connectivity index (χ1n) is 7.75. The summed E-state index contributed by atoms with van der Waals surface area (Å²) in [5.74, 6) is 0.941. The van der Waals surface area contributed by atoms with Crippen LogP contribution in [-0.4, -0.2) is 24.7 Å². The molecule has 0 aromatic carbocycles. The van der Waals surface area contributed by atoms with Crippen LogP contribution in [0.4, 0.5) is 0 Å². The highest BCUT2D eigenvalue weighted by Gasteiger charge is 2.23. The Balaban J connectivity index is 1.66. The number of rotatable bonds is 5. The van der Waals surface area contributed by atoms with Gasteiger partial charge in [0.1, 0.15) is 0 Å². The lowest BCUT2D eigenvalue weighted by Crippen LogP contribution is -2.44. The lowest BCUT2D eigenvalue weighted by atomic mass is 9.95. The van der Waals surface area contributed by atoms with Crippen molar-refractivity contribution in [3.8, 4) is 0 Å². The molecule has 2 rings (SSSR count). The summed E-state index contributed by atoms with van der Waals surface area (Å²) in [6, 6.07) is 2.15. The average molecular weight is 238 g/mol. The summed E-state index contributed by atoms with van der Waals surface area (Å²) in [5, 5.41) is 7.48. The molecule has 2 unspecified atom stereocenters. The molecule has 2 nitrogen and oxygen atoms in total. The molecule has 17 heavy (non-hydrogen) atoms. The van der Waals surface area contributed by atoms with Gasteiger partial charge in [-0.3, -0.25) is 0 Å². The summed E-state index contributed by atoms with van der Waals surface area (Å²) in [6.07, 6.45) is 11.3. The molecule has 1 aliphatic heterocycles. The van der Waals surface area contributed by atoms with Crippen LogP contribution < -0.4 is 10.6 Å². The molecule has 0 amide bonds. The number of hydrogen-bond donors (Lipinski definition) is 2. The second-order valence-electron chi connectivity index (χ2n) is 6.28. The third kappa shape index (κ3) is 4.26. The van der Waals surface area contributed by atoms with Crippen molar-refractivity contribution in [2.75, 3.05) is 6.54 Å². The zero-order valence-corrected chi connectivity index (χ0v) is 11.7. The van der Waals surface area contributed by atoms with Gasteiger partial charge in [-0.15, -0.1) is 0 Å². The van der Waals surface area contributed by atoms with Gasteiger partial charge in [-0.05, 0) is 58.4 Å². The van der Waals surface area contributed by atoms with E-state index in [0.717, 1.165) is 18.0 Å². The van der Waals surface area contributed by atoms with Gasteiger partial charge in [0.15, 0.2) is 0 Å². The van der Waals surface area contributed by atoms with Crippen molar-refractivity contribution < 1.29 is 0 Å². The van der Waals surface area contributed by atoms with Crippen LogP contribution in [0.15, 0.2) is 0 Å². The minimum Gasteiger partial charge on any atom is -0.314 e. The summed E-state index contributed by atoms with van der Waals surface area (Å²) < 4.78 is 0. The molecule has 3 atom stereocenters. The second-order valence-corrected chi connectivity index (χ2v) is 6.28. The summed E-state index contributed by atoms with van der Waals surface area (Å²) in [7, 11) is 0. The van der Waals surface area contributed by atoms with Crippen LogP contribution in [0.5, 0.6) is 0 Å². The predicted molar refractivity (Wildman–Crippen MR) is 74.3 cm³/mol. The first kappa shape index (κ1) is 13.4. The third-order valence-electron chi connectivity index (χ3n) is 4.70. The fourth-order valence-corrected chi connectivity index (χ4v) is 3.66. The van der Waals surface area contributed by atoms with E-state index in [0.29, 0.717) is 6.04 Å². The van der Waals surface area contributed by atoms with E-state index in [2.05, 4.69) is 24.5 Å². The van der Waals surface area contributed by atoms with Crippen molar-refractivity contribution in [3.63, 3.8) is 0 Å². The monoisotopic (exact) mass is 238 g/mol. The Hall–Kier alpha value is -0.0800. The molecule has 0 bridgehead atoms. The smallest absolute Gasteiger partial charge is 0.00817 e. The largest absolute Gasteiger partial charge is 0.314 e. The highest BCUT2D eigenvalue weighted by molar-refractivity contribution is 4.82. The standard InChI is InChI=1S/C15H30N2/c1-12(11-15-9-5-6-10-16-15)17-13(2)14-7-3-4-8-14/h12-17H,3-11H2,1-2H3/t12?,13-,15?/m0/s1. The van der Waals surface area contributed by atoms with Crippen LogP contribution in [0.3, 0.4) is 0 Å². The van der Waals surface area contributed by atoms with Crippen LogP contribution in [0.25, 0.3) is 0 Å². The molecule has 1 saturated carbocycles. The van der Waals surface area contributed by atoms with Gasteiger partial charge < -0.3 is 10.6 Å². The van der Waals surface area contributed by atoms with Gasteiger partial charge >= 0.3 is 0 Å². The molecule has 1 heterocycles. The van der Waals surface area contributed by atoms with E-state index >= 15 is 0 Å². The SMILES string of the molecule is CC(CC1CCCCN1)N[C@@H](C)C1CCCC1. The zero-order valence-electron chi connectivity index (χ0n) is 11.7. The lowest BCUT2D eigenvalue weighted by Gasteiger charge is -2.30. The maximum atomic E-state index is 3.83. The van der Waals surface area contributed by atoms with Crippen LogP contribution >= 0.6 is 0 Å². The van der Waals surface area contributed by atoms with Crippen molar-refractivity contribution in [1.29, 1.82) is 0 Å². The molecule has 0 spiro atoms. The highest BCUT2D eigenvalue weighted by atomic mass is 15.0. The maximum Gasteiger partial charge on any atom is 0.00817 e. The van der Waals surface area contributed by atoms with E-state index in [1.54, 1.807) is 0 Å². The molecular weight excluding hydrogens is 208 g/mol. The van der Waals surface area contributed by atoms with E-state index in [4.69, 9.17) is 0 Å². The van der Waals surface area contributed by atoms with Crippen molar-refractivity contribution in [1.82, 2.24) is 10.6 Å². The van der Waals surface area contributed by atoms with E-state index < -0.39 is 0 Å². The molecule has 1 aliphatic carbocycles. The zero-order chi connectivity index (χ0) is 12.1. The minimum atomic E-state index is 0.668. The van der Waals surface area contributed by atoms with Crippen molar-refractivity contribution >= 4 is 0 Å². The van der Waals surface area contributed by atoms with Crippen molar-refractivity contribution in [3.05, 3.63) is 0 Å². The fourth-order valence-electron chi connectivity index (χ4n) is 3.66. The van der Waals surface area contributed by atoms with Gasteiger partial charge in [-0.2, -0.15) is 0 Å². The van der Waals surface area contributed by atoms with Crippen molar-refractivity contribution in [2.24, 2.45) is 5.92 Å². The average Bonchev–Trinajstić information content (AvgIpc) is 2.83. The van der Waals surface area contributed by atoms with Crippen LogP contribution in [0.1, 0.15) is 65.2 Å². The second kappa shape index (κ2) is 6.75. The van der Waals surface area contributed by atoms with Gasteiger partial charge in [-0.1, -0.05) is 19.3 Å². The third-order valence-corrected chi connectivity index (χ3v) is 4.70. The highest BCUT2D eigenvalue weighted by Crippen LogP contribution is 2.27. The van der Waals surface area contributed by atoms with E-state index in [1.165, 1.54) is 57.9 Å². The van der Waals surface area contributed by atoms with Crippen molar-refractivity contribution in [2.45, 2.75) is 83.3 Å². The van der Waals surface area contributed by atoms with E-state index in [1.807, 2.05) is 0 Å². The number of hydrogen-bond acceptors (Lipinski definition) is 2. The van der Waals surface area contributed by atoms with Gasteiger partial charge in [0, 0.05) is 18.1 Å². The van der Waals surface area contributed by atoms with E-state index in [-0.39, 0.29) is 0 Å². The Kier molecular flexibility index (Phi) is 5.30. The summed E-state index contributed by atoms with van der Waals surface area (Å²) in [4.78, 5) is 0. The Morgan fingerprint density at radius 3 is 2.41 bits per heavy atom. The van der Waals surface area contributed by atoms with Gasteiger partial charge in [-0.25, -0.2) is 0 Å². The molecule has 100 valence electrons. The first-order chi connectivity index (χ1) is 8.25. The van der Waals surface area contributed by atoms with Crippen LogP contribution in [0, 0.1) is 5.92 Å². The lowest BCUT2D eigenvalue weighted by molar-refractivity contribution is 0.300. The Morgan fingerprint density at radius 2 is 1.76 bits per heavy atom. The summed E-state index contributed by atoms with van der Waals surface area (Å²) >= 11 is 0. The predicted octanol–water partition coefficient (Wildman–Crippen LogP) is 3.08. The normalized spacial score (nSPS) is 30.4.